The van der Waals surface area contributed by atoms with Gasteiger partial charge in [-0.25, -0.2) is 0 Å². The van der Waals surface area contributed by atoms with E-state index in [0.717, 1.165) is 41.1 Å². The maximum absolute atomic E-state index is 13.7. The molecular formula is C28H28N4O5S. The first-order chi connectivity index (χ1) is 18.4. The lowest BCUT2D eigenvalue weighted by molar-refractivity contribution is -0.115. The summed E-state index contributed by atoms with van der Waals surface area (Å²) in [6, 6.07) is 13.2. The van der Waals surface area contributed by atoms with Crippen LogP contribution in [-0.2, 0) is 9.53 Å². The van der Waals surface area contributed by atoms with Gasteiger partial charge in [-0.3, -0.25) is 19.1 Å². The molecule has 3 heterocycles. The van der Waals surface area contributed by atoms with Crippen LogP contribution in [-0.4, -0.2) is 61.6 Å². The number of fused-ring (bicyclic) bond motifs is 1. The van der Waals surface area contributed by atoms with Crippen molar-refractivity contribution in [2.45, 2.75) is 13.8 Å². The number of ether oxygens (including phenoxy) is 3. The molecule has 0 radical (unpaired) electrons. The number of morpholine rings is 1. The molecule has 0 atom stereocenters. The number of benzene rings is 2. The topological polar surface area (TPSA) is 106 Å². The molecule has 196 valence electrons. The van der Waals surface area contributed by atoms with Gasteiger partial charge in [0.15, 0.2) is 17.1 Å². The van der Waals surface area contributed by atoms with Crippen molar-refractivity contribution in [1.29, 1.82) is 5.26 Å². The van der Waals surface area contributed by atoms with E-state index in [4.69, 9.17) is 14.2 Å². The van der Waals surface area contributed by atoms with E-state index >= 15 is 0 Å². The summed E-state index contributed by atoms with van der Waals surface area (Å²) >= 11 is 1.12. The van der Waals surface area contributed by atoms with E-state index in [2.05, 4.69) is 16.3 Å². The SMILES string of the molecule is Cc1ccc(-n2c(=O)/c(=C\c3ccc4c(c3)OCO4)s/c2=C(/C#N)C(=O)NCCN2CCOCC2)c(C)c1. The van der Waals surface area contributed by atoms with E-state index in [1.807, 2.05) is 38.1 Å². The Morgan fingerprint density at radius 1 is 1.13 bits per heavy atom. The van der Waals surface area contributed by atoms with Crippen LogP contribution in [0.2, 0.25) is 0 Å². The third-order valence-corrected chi connectivity index (χ3v) is 7.57. The van der Waals surface area contributed by atoms with E-state index in [-0.39, 0.29) is 17.9 Å². The summed E-state index contributed by atoms with van der Waals surface area (Å²) in [6.07, 6.45) is 1.74. The van der Waals surface area contributed by atoms with Gasteiger partial charge < -0.3 is 19.5 Å². The van der Waals surface area contributed by atoms with E-state index in [9.17, 15) is 14.9 Å². The number of hydrogen-bond acceptors (Lipinski definition) is 8. The summed E-state index contributed by atoms with van der Waals surface area (Å²) in [4.78, 5) is 29.1. The third kappa shape index (κ3) is 5.36. The Morgan fingerprint density at radius 2 is 1.92 bits per heavy atom. The second-order valence-corrected chi connectivity index (χ2v) is 10.2. The van der Waals surface area contributed by atoms with Crippen molar-refractivity contribution >= 4 is 28.9 Å². The summed E-state index contributed by atoms with van der Waals surface area (Å²) < 4.78 is 18.4. The minimum Gasteiger partial charge on any atom is -0.454 e. The lowest BCUT2D eigenvalue weighted by Gasteiger charge is -2.26. The number of nitrogens with one attached hydrogen (secondary N) is 1. The van der Waals surface area contributed by atoms with Crippen molar-refractivity contribution in [3.63, 3.8) is 0 Å². The smallest absolute Gasteiger partial charge is 0.273 e. The number of carbonyl (C=O) groups is 1. The molecule has 9 nitrogen and oxygen atoms in total. The van der Waals surface area contributed by atoms with Crippen molar-refractivity contribution in [1.82, 2.24) is 14.8 Å². The molecule has 10 heteroatoms. The summed E-state index contributed by atoms with van der Waals surface area (Å²) in [6.45, 7) is 8.04. The lowest BCUT2D eigenvalue weighted by Crippen LogP contribution is -2.42. The Kier molecular flexibility index (Phi) is 7.60. The number of aryl methyl sites for hydroxylation is 2. The Hall–Kier alpha value is -3.91. The molecule has 5 rings (SSSR count). The Balaban J connectivity index is 1.58. The second kappa shape index (κ2) is 11.2. The van der Waals surface area contributed by atoms with Gasteiger partial charge in [-0.1, -0.05) is 23.8 Å². The Morgan fingerprint density at radius 3 is 2.68 bits per heavy atom. The fraction of sp³-hybridized carbons (Fsp3) is 0.321. The van der Waals surface area contributed by atoms with E-state index in [0.29, 0.717) is 52.7 Å². The molecular weight excluding hydrogens is 504 g/mol. The highest BCUT2D eigenvalue weighted by Gasteiger charge is 2.19. The number of rotatable bonds is 6. The zero-order valence-corrected chi connectivity index (χ0v) is 22.1. The van der Waals surface area contributed by atoms with Crippen molar-refractivity contribution < 1.29 is 19.0 Å². The van der Waals surface area contributed by atoms with Crippen LogP contribution in [0, 0.1) is 25.2 Å². The summed E-state index contributed by atoms with van der Waals surface area (Å²) in [5.41, 5.74) is 2.90. The molecule has 38 heavy (non-hydrogen) atoms. The van der Waals surface area contributed by atoms with Gasteiger partial charge >= 0.3 is 0 Å². The number of hydrogen-bond donors (Lipinski definition) is 1. The highest BCUT2D eigenvalue weighted by Crippen LogP contribution is 2.32. The van der Waals surface area contributed by atoms with Crippen LogP contribution in [0.1, 0.15) is 16.7 Å². The molecule has 1 saturated heterocycles. The monoisotopic (exact) mass is 532 g/mol. The number of aromatic nitrogens is 1. The highest BCUT2D eigenvalue weighted by atomic mass is 32.1. The molecule has 0 spiro atoms. The second-order valence-electron chi connectivity index (χ2n) is 9.16. The summed E-state index contributed by atoms with van der Waals surface area (Å²) in [5.74, 6) is 0.750. The van der Waals surface area contributed by atoms with Crippen LogP contribution in [0.3, 0.4) is 0 Å². The predicted octanol–water partition coefficient (Wildman–Crippen LogP) is 1.20. The average Bonchev–Trinajstić information content (AvgIpc) is 3.50. The van der Waals surface area contributed by atoms with Gasteiger partial charge in [0.25, 0.3) is 11.5 Å². The van der Waals surface area contributed by atoms with Crippen molar-refractivity contribution in [2.24, 2.45) is 0 Å². The molecule has 0 bridgehead atoms. The maximum atomic E-state index is 13.7. The zero-order chi connectivity index (χ0) is 26.6. The number of thiazole rings is 1. The van der Waals surface area contributed by atoms with E-state index < -0.39 is 5.91 Å². The van der Waals surface area contributed by atoms with Crippen LogP contribution >= 0.6 is 11.3 Å². The van der Waals surface area contributed by atoms with Gasteiger partial charge in [-0.2, -0.15) is 5.26 Å². The van der Waals surface area contributed by atoms with Gasteiger partial charge in [-0.05, 0) is 49.2 Å². The largest absolute Gasteiger partial charge is 0.454 e. The molecule has 2 aliphatic heterocycles. The van der Waals surface area contributed by atoms with Gasteiger partial charge in [0, 0.05) is 26.2 Å². The van der Waals surface area contributed by atoms with Crippen LogP contribution in [0.4, 0.5) is 0 Å². The molecule has 0 aliphatic carbocycles. The van der Waals surface area contributed by atoms with Gasteiger partial charge in [0.2, 0.25) is 6.79 Å². The molecule has 1 aromatic heterocycles. The van der Waals surface area contributed by atoms with Crippen LogP contribution in [0.15, 0.2) is 41.2 Å². The number of nitriles is 1. The van der Waals surface area contributed by atoms with Crippen molar-refractivity contribution in [3.05, 3.63) is 72.6 Å². The number of nitrogens with zero attached hydrogens (tertiary/aromatic N) is 3. The lowest BCUT2D eigenvalue weighted by atomic mass is 10.1. The minimum atomic E-state index is -0.504. The van der Waals surface area contributed by atoms with E-state index in [1.165, 1.54) is 4.57 Å². The zero-order valence-electron chi connectivity index (χ0n) is 21.3. The fourth-order valence-electron chi connectivity index (χ4n) is 4.52. The van der Waals surface area contributed by atoms with Gasteiger partial charge in [0.05, 0.1) is 23.4 Å². The first kappa shape index (κ1) is 25.7. The molecule has 1 amide bonds. The molecule has 0 saturated carbocycles. The fourth-order valence-corrected chi connectivity index (χ4v) is 5.61. The summed E-state index contributed by atoms with van der Waals surface area (Å²) in [7, 11) is 0. The van der Waals surface area contributed by atoms with Crippen LogP contribution in [0.25, 0.3) is 17.3 Å². The molecule has 2 aliphatic rings. The average molecular weight is 533 g/mol. The number of carbonyl (C=O) groups excluding carboxylic acids is 1. The van der Waals surface area contributed by atoms with Crippen LogP contribution in [0.5, 0.6) is 11.5 Å². The first-order valence-corrected chi connectivity index (χ1v) is 13.2. The molecule has 3 aromatic rings. The van der Waals surface area contributed by atoms with E-state index in [1.54, 1.807) is 18.2 Å². The third-order valence-electron chi connectivity index (χ3n) is 6.48. The van der Waals surface area contributed by atoms with Crippen molar-refractivity contribution in [2.75, 3.05) is 46.2 Å². The first-order valence-electron chi connectivity index (χ1n) is 12.4. The summed E-state index contributed by atoms with van der Waals surface area (Å²) in [5, 5.41) is 12.9. The van der Waals surface area contributed by atoms with Gasteiger partial charge in [0.1, 0.15) is 10.7 Å². The standard InChI is InChI=1S/C28H28N4O5S/c1-18-3-5-22(19(2)13-18)32-27(34)25(15-20-4-6-23-24(14-20)37-17-36-23)38-28(32)21(16-29)26(33)30-7-8-31-9-11-35-12-10-31/h3-6,13-15H,7-12,17H2,1-2H3,(H,30,33)/b25-15+,28-21-. The normalized spacial score (nSPS) is 16.3. The minimum absolute atomic E-state index is 0.0978. The van der Waals surface area contributed by atoms with Crippen molar-refractivity contribution in [3.8, 4) is 23.3 Å². The molecule has 1 fully saturated rings. The molecule has 1 N–H and O–H groups in total. The quantitative estimate of drug-likeness (QED) is 0.509. The Labute approximate surface area is 223 Å². The maximum Gasteiger partial charge on any atom is 0.273 e. The molecule has 2 aromatic carbocycles. The molecule has 0 unspecified atom stereocenters. The van der Waals surface area contributed by atoms with Gasteiger partial charge in [-0.15, -0.1) is 11.3 Å². The predicted molar refractivity (Wildman–Crippen MR) is 144 cm³/mol. The Bertz CT molecular complexity index is 1590. The van der Waals surface area contributed by atoms with Crippen LogP contribution < -0.4 is 29.5 Å². The number of amides is 1. The highest BCUT2D eigenvalue weighted by molar-refractivity contribution is 7.07.